The van der Waals surface area contributed by atoms with E-state index in [-0.39, 0.29) is 11.3 Å². The molecule has 6 nitrogen and oxygen atoms in total. The minimum absolute atomic E-state index is 0.0254. The van der Waals surface area contributed by atoms with E-state index in [0.717, 1.165) is 4.47 Å². The molecule has 1 amide bonds. The van der Waals surface area contributed by atoms with Crippen molar-refractivity contribution < 1.29 is 19.4 Å². The number of halogens is 1. The zero-order valence-corrected chi connectivity index (χ0v) is 18.3. The van der Waals surface area contributed by atoms with Crippen LogP contribution in [-0.2, 0) is 9.59 Å². The monoisotopic (exact) mass is 484 g/mol. The average Bonchev–Trinajstić information content (AvgIpc) is 3.35. The SMILES string of the molecule is CCOc1ccc(/C(O)=C2\C(=O)C(=O)N(c3nccs3)[C@H]2c2cccc(Br)c2)cc1. The number of ether oxygens (including phenoxy) is 1. The number of anilines is 1. The van der Waals surface area contributed by atoms with Crippen molar-refractivity contribution in [2.75, 3.05) is 11.5 Å². The van der Waals surface area contributed by atoms with Crippen LogP contribution in [0.2, 0.25) is 0 Å². The molecule has 0 unspecified atom stereocenters. The molecular formula is C22H17BrN2O4S. The molecule has 1 fully saturated rings. The molecule has 0 saturated carbocycles. The normalized spacial score (nSPS) is 18.1. The minimum Gasteiger partial charge on any atom is -0.507 e. The van der Waals surface area contributed by atoms with Gasteiger partial charge >= 0.3 is 5.91 Å². The van der Waals surface area contributed by atoms with Gasteiger partial charge in [-0.2, -0.15) is 0 Å². The van der Waals surface area contributed by atoms with Gasteiger partial charge in [-0.3, -0.25) is 14.5 Å². The number of aliphatic hydroxyl groups is 1. The van der Waals surface area contributed by atoms with Gasteiger partial charge in [0.1, 0.15) is 11.5 Å². The van der Waals surface area contributed by atoms with Gasteiger partial charge in [0, 0.05) is 21.6 Å². The van der Waals surface area contributed by atoms with Gasteiger partial charge in [0.2, 0.25) is 0 Å². The summed E-state index contributed by atoms with van der Waals surface area (Å²) in [6.45, 7) is 2.40. The number of ketones is 1. The first-order valence-corrected chi connectivity index (χ1v) is 10.9. The lowest BCUT2D eigenvalue weighted by atomic mass is 9.95. The number of thiazole rings is 1. The molecule has 0 spiro atoms. The number of nitrogens with zero attached hydrogens (tertiary/aromatic N) is 2. The fourth-order valence-corrected chi connectivity index (χ4v) is 4.47. The van der Waals surface area contributed by atoms with Gasteiger partial charge in [0.15, 0.2) is 5.13 Å². The Labute approximate surface area is 185 Å². The molecule has 152 valence electrons. The number of hydrogen-bond donors (Lipinski definition) is 1. The molecule has 1 N–H and O–H groups in total. The predicted molar refractivity (Wildman–Crippen MR) is 119 cm³/mol. The van der Waals surface area contributed by atoms with E-state index in [1.807, 2.05) is 31.2 Å². The Morgan fingerprint density at radius 3 is 2.63 bits per heavy atom. The number of rotatable bonds is 5. The summed E-state index contributed by atoms with van der Waals surface area (Å²) in [6, 6.07) is 13.3. The lowest BCUT2D eigenvalue weighted by Crippen LogP contribution is -2.29. The highest BCUT2D eigenvalue weighted by Gasteiger charge is 2.48. The Balaban J connectivity index is 1.88. The number of aromatic nitrogens is 1. The van der Waals surface area contributed by atoms with Crippen LogP contribution < -0.4 is 9.64 Å². The van der Waals surface area contributed by atoms with Crippen molar-refractivity contribution >= 4 is 49.8 Å². The lowest BCUT2D eigenvalue weighted by molar-refractivity contribution is -0.132. The predicted octanol–water partition coefficient (Wildman–Crippen LogP) is 4.93. The summed E-state index contributed by atoms with van der Waals surface area (Å²) in [5, 5.41) is 13.2. The summed E-state index contributed by atoms with van der Waals surface area (Å²) in [5.41, 5.74) is 1.14. The summed E-state index contributed by atoms with van der Waals surface area (Å²) in [7, 11) is 0. The van der Waals surface area contributed by atoms with Crippen molar-refractivity contribution in [2.45, 2.75) is 13.0 Å². The van der Waals surface area contributed by atoms with Crippen molar-refractivity contribution in [3.8, 4) is 5.75 Å². The summed E-state index contributed by atoms with van der Waals surface area (Å²) in [6.07, 6.45) is 1.57. The number of benzene rings is 2. The highest BCUT2D eigenvalue weighted by Crippen LogP contribution is 2.43. The van der Waals surface area contributed by atoms with Crippen LogP contribution in [0, 0.1) is 0 Å². The van der Waals surface area contributed by atoms with Gasteiger partial charge in [-0.25, -0.2) is 4.98 Å². The van der Waals surface area contributed by atoms with Gasteiger partial charge in [-0.15, -0.1) is 11.3 Å². The quantitative estimate of drug-likeness (QED) is 0.315. The zero-order valence-electron chi connectivity index (χ0n) is 15.9. The van der Waals surface area contributed by atoms with E-state index in [4.69, 9.17) is 4.74 Å². The van der Waals surface area contributed by atoms with Crippen molar-refractivity contribution in [3.63, 3.8) is 0 Å². The average molecular weight is 485 g/mol. The molecule has 1 saturated heterocycles. The summed E-state index contributed by atoms with van der Waals surface area (Å²) >= 11 is 4.69. The molecule has 4 rings (SSSR count). The van der Waals surface area contributed by atoms with E-state index >= 15 is 0 Å². The number of carbonyl (C=O) groups is 2. The highest BCUT2D eigenvalue weighted by atomic mass is 79.9. The van der Waals surface area contributed by atoms with Crippen LogP contribution in [0.1, 0.15) is 24.1 Å². The second kappa shape index (κ2) is 8.41. The van der Waals surface area contributed by atoms with E-state index < -0.39 is 17.7 Å². The smallest absolute Gasteiger partial charge is 0.301 e. The fourth-order valence-electron chi connectivity index (χ4n) is 3.39. The van der Waals surface area contributed by atoms with E-state index in [0.29, 0.717) is 28.6 Å². The third-order valence-corrected chi connectivity index (χ3v) is 5.94. The van der Waals surface area contributed by atoms with Crippen LogP contribution in [0.15, 0.2) is 70.2 Å². The third kappa shape index (κ3) is 3.64. The Hall–Kier alpha value is -2.97. The molecule has 2 heterocycles. The van der Waals surface area contributed by atoms with E-state index in [9.17, 15) is 14.7 Å². The van der Waals surface area contributed by atoms with E-state index in [1.54, 1.807) is 35.8 Å². The van der Waals surface area contributed by atoms with Crippen molar-refractivity contribution in [1.29, 1.82) is 0 Å². The summed E-state index contributed by atoms with van der Waals surface area (Å²) in [5.74, 6) is -1.05. The van der Waals surface area contributed by atoms with Crippen LogP contribution in [0.25, 0.3) is 5.76 Å². The number of aliphatic hydroxyl groups excluding tert-OH is 1. The van der Waals surface area contributed by atoms with Crippen LogP contribution in [0.3, 0.4) is 0 Å². The van der Waals surface area contributed by atoms with Crippen molar-refractivity contribution in [2.24, 2.45) is 0 Å². The first-order chi connectivity index (χ1) is 14.5. The number of Topliss-reactive ketones (excluding diaryl/α,β-unsaturated/α-hetero) is 1. The lowest BCUT2D eigenvalue weighted by Gasteiger charge is -2.23. The Morgan fingerprint density at radius 2 is 2.00 bits per heavy atom. The van der Waals surface area contributed by atoms with Crippen LogP contribution in [0.4, 0.5) is 5.13 Å². The van der Waals surface area contributed by atoms with Gasteiger partial charge in [0.05, 0.1) is 18.2 Å². The zero-order chi connectivity index (χ0) is 21.3. The molecular weight excluding hydrogens is 468 g/mol. The van der Waals surface area contributed by atoms with Gasteiger partial charge in [-0.05, 0) is 48.9 Å². The van der Waals surface area contributed by atoms with Gasteiger partial charge in [0.25, 0.3) is 5.78 Å². The minimum atomic E-state index is -0.791. The van der Waals surface area contributed by atoms with Crippen LogP contribution >= 0.6 is 27.3 Å². The van der Waals surface area contributed by atoms with Crippen molar-refractivity contribution in [3.05, 3.63) is 81.3 Å². The first kappa shape index (κ1) is 20.3. The maximum absolute atomic E-state index is 13.0. The Morgan fingerprint density at radius 1 is 1.23 bits per heavy atom. The standard InChI is InChI=1S/C22H17BrN2O4S/c1-2-29-16-8-6-13(7-9-16)19(26)17-18(14-4-3-5-15(23)12-14)25(21(28)20(17)27)22-24-10-11-30-22/h3-12,18,26H,2H2,1H3/b19-17+/t18-/m0/s1. The molecule has 0 aliphatic carbocycles. The van der Waals surface area contributed by atoms with Gasteiger partial charge < -0.3 is 9.84 Å². The molecule has 1 aromatic heterocycles. The third-order valence-electron chi connectivity index (χ3n) is 4.67. The topological polar surface area (TPSA) is 79.7 Å². The Kier molecular flexibility index (Phi) is 5.69. The number of hydrogen-bond acceptors (Lipinski definition) is 6. The van der Waals surface area contributed by atoms with Crippen molar-refractivity contribution in [1.82, 2.24) is 4.98 Å². The molecule has 1 aliphatic heterocycles. The molecule has 1 aliphatic rings. The molecule has 0 bridgehead atoms. The molecule has 2 aromatic carbocycles. The largest absolute Gasteiger partial charge is 0.507 e. The molecule has 30 heavy (non-hydrogen) atoms. The van der Waals surface area contributed by atoms with Crippen LogP contribution in [0.5, 0.6) is 5.75 Å². The Bertz CT molecular complexity index is 1130. The highest BCUT2D eigenvalue weighted by molar-refractivity contribution is 9.10. The van der Waals surface area contributed by atoms with Gasteiger partial charge in [-0.1, -0.05) is 28.1 Å². The number of amides is 1. The van der Waals surface area contributed by atoms with E-state index in [1.165, 1.54) is 16.2 Å². The second-order valence-corrected chi connectivity index (χ2v) is 8.28. The second-order valence-electron chi connectivity index (χ2n) is 6.50. The maximum atomic E-state index is 13.0. The van der Waals surface area contributed by atoms with Crippen LogP contribution in [-0.4, -0.2) is 28.4 Å². The molecule has 8 heteroatoms. The molecule has 3 aromatic rings. The number of carbonyl (C=O) groups excluding carboxylic acids is 2. The molecule has 1 atom stereocenters. The summed E-state index contributed by atoms with van der Waals surface area (Å²) < 4.78 is 6.23. The fraction of sp³-hybridized carbons (Fsp3) is 0.136. The molecule has 0 radical (unpaired) electrons. The first-order valence-electron chi connectivity index (χ1n) is 9.20. The maximum Gasteiger partial charge on any atom is 0.301 e. The summed E-state index contributed by atoms with van der Waals surface area (Å²) in [4.78, 5) is 31.5. The van der Waals surface area contributed by atoms with E-state index in [2.05, 4.69) is 20.9 Å².